The van der Waals surface area contributed by atoms with Crippen LogP contribution in [0.4, 0.5) is 4.39 Å². The van der Waals surface area contributed by atoms with Gasteiger partial charge in [0.25, 0.3) is 0 Å². The highest BCUT2D eigenvalue weighted by molar-refractivity contribution is 5.95. The van der Waals surface area contributed by atoms with Crippen LogP contribution in [0.2, 0.25) is 0 Å². The first-order valence-corrected chi connectivity index (χ1v) is 8.73. The minimum atomic E-state index is -0.283. The molecule has 1 fully saturated rings. The second kappa shape index (κ2) is 6.48. The maximum atomic E-state index is 13.8. The van der Waals surface area contributed by atoms with Crippen LogP contribution in [0, 0.1) is 5.82 Å². The van der Waals surface area contributed by atoms with Crippen molar-refractivity contribution in [2.45, 2.75) is 37.6 Å². The third-order valence-electron chi connectivity index (χ3n) is 5.16. The lowest BCUT2D eigenvalue weighted by molar-refractivity contribution is 0.389. The summed E-state index contributed by atoms with van der Waals surface area (Å²) in [4.78, 5) is 7.91. The molecule has 3 aromatic rings. The number of benzene rings is 1. The number of fused-ring (bicyclic) bond motifs is 1. The molecule has 0 amide bonds. The highest BCUT2D eigenvalue weighted by Gasteiger charge is 2.23. The van der Waals surface area contributed by atoms with E-state index in [0.717, 1.165) is 47.8 Å². The number of aromatic nitrogens is 2. The molecule has 1 aliphatic rings. The summed E-state index contributed by atoms with van der Waals surface area (Å²) in [5.41, 5.74) is 9.79. The number of nitrogens with one attached hydrogen (secondary N) is 1. The molecule has 0 spiro atoms. The van der Waals surface area contributed by atoms with Gasteiger partial charge in [0.2, 0.25) is 0 Å². The molecule has 5 heteroatoms. The minimum Gasteiger partial charge on any atom is -0.496 e. The van der Waals surface area contributed by atoms with Gasteiger partial charge in [-0.3, -0.25) is 0 Å². The fourth-order valence-corrected chi connectivity index (χ4v) is 3.90. The number of hydrogen-bond acceptors (Lipinski definition) is 3. The topological polar surface area (TPSA) is 63.9 Å². The minimum absolute atomic E-state index is 0.265. The molecule has 0 aliphatic heterocycles. The lowest BCUT2D eigenvalue weighted by atomic mass is 9.84. The Morgan fingerprint density at radius 3 is 2.88 bits per heavy atom. The SMILES string of the molecule is COc1ccc(F)cc1-c1ccnc2[nH]c([C@@H]3CCC[C@H](N)C3)cc12. The van der Waals surface area contributed by atoms with Crippen molar-refractivity contribution < 1.29 is 9.13 Å². The zero-order valence-electron chi connectivity index (χ0n) is 14.3. The number of halogens is 1. The molecule has 1 saturated carbocycles. The molecule has 2 aromatic heterocycles. The van der Waals surface area contributed by atoms with Crippen LogP contribution in [-0.2, 0) is 0 Å². The van der Waals surface area contributed by atoms with Crippen molar-refractivity contribution in [3.63, 3.8) is 0 Å². The molecule has 0 unspecified atom stereocenters. The Kier molecular flexibility index (Phi) is 4.17. The second-order valence-electron chi connectivity index (χ2n) is 6.81. The van der Waals surface area contributed by atoms with Crippen molar-refractivity contribution in [2.24, 2.45) is 5.73 Å². The van der Waals surface area contributed by atoms with Crippen LogP contribution < -0.4 is 10.5 Å². The predicted octanol–water partition coefficient (Wildman–Crippen LogP) is 4.36. The fourth-order valence-electron chi connectivity index (χ4n) is 3.90. The molecule has 4 nitrogen and oxygen atoms in total. The standard InChI is InChI=1S/C20H22FN3O/c1-25-19-6-5-13(21)10-16(19)15-7-8-23-20-17(15)11-18(24-20)12-3-2-4-14(22)9-12/h5-8,10-12,14H,2-4,9,22H2,1H3,(H,23,24)/t12-,14+/m1/s1. The van der Waals surface area contributed by atoms with E-state index in [1.807, 2.05) is 6.07 Å². The Labute approximate surface area is 146 Å². The van der Waals surface area contributed by atoms with Gasteiger partial charge in [-0.15, -0.1) is 0 Å². The summed E-state index contributed by atoms with van der Waals surface area (Å²) in [5, 5.41) is 0.987. The van der Waals surface area contributed by atoms with Crippen molar-refractivity contribution in [1.29, 1.82) is 0 Å². The van der Waals surface area contributed by atoms with Crippen LogP contribution >= 0.6 is 0 Å². The van der Waals surface area contributed by atoms with E-state index in [0.29, 0.717) is 11.7 Å². The van der Waals surface area contributed by atoms with Crippen LogP contribution in [0.3, 0.4) is 0 Å². The Hall–Kier alpha value is -2.40. The smallest absolute Gasteiger partial charge is 0.138 e. The van der Waals surface area contributed by atoms with E-state index in [2.05, 4.69) is 16.0 Å². The van der Waals surface area contributed by atoms with Gasteiger partial charge in [-0.2, -0.15) is 0 Å². The van der Waals surface area contributed by atoms with Gasteiger partial charge in [-0.25, -0.2) is 9.37 Å². The number of nitrogens with zero attached hydrogens (tertiary/aromatic N) is 1. The number of ether oxygens (including phenoxy) is 1. The van der Waals surface area contributed by atoms with Gasteiger partial charge >= 0.3 is 0 Å². The van der Waals surface area contributed by atoms with E-state index < -0.39 is 0 Å². The molecule has 1 aliphatic carbocycles. The first-order valence-electron chi connectivity index (χ1n) is 8.73. The predicted molar refractivity (Wildman–Crippen MR) is 97.2 cm³/mol. The number of aromatic amines is 1. The van der Waals surface area contributed by atoms with Crippen molar-refractivity contribution in [1.82, 2.24) is 9.97 Å². The van der Waals surface area contributed by atoms with E-state index in [4.69, 9.17) is 10.5 Å². The van der Waals surface area contributed by atoms with Crippen molar-refractivity contribution >= 4 is 11.0 Å². The summed E-state index contributed by atoms with van der Waals surface area (Å²) >= 11 is 0. The summed E-state index contributed by atoms with van der Waals surface area (Å²) < 4.78 is 19.2. The molecule has 1 aromatic carbocycles. The third kappa shape index (κ3) is 3.00. The molecule has 130 valence electrons. The number of hydrogen-bond donors (Lipinski definition) is 2. The van der Waals surface area contributed by atoms with Crippen LogP contribution in [0.1, 0.15) is 37.3 Å². The first kappa shape index (κ1) is 16.1. The Bertz CT molecular complexity index is 905. The maximum absolute atomic E-state index is 13.8. The number of nitrogens with two attached hydrogens (primary N) is 1. The molecular weight excluding hydrogens is 317 g/mol. The molecule has 0 radical (unpaired) electrons. The normalized spacial score (nSPS) is 20.8. The zero-order valence-corrected chi connectivity index (χ0v) is 14.3. The summed E-state index contributed by atoms with van der Waals surface area (Å²) in [6.07, 6.45) is 6.12. The zero-order chi connectivity index (χ0) is 17.4. The van der Waals surface area contributed by atoms with E-state index >= 15 is 0 Å². The van der Waals surface area contributed by atoms with Crippen LogP contribution in [0.5, 0.6) is 5.75 Å². The van der Waals surface area contributed by atoms with Gasteiger partial charge < -0.3 is 15.5 Å². The maximum Gasteiger partial charge on any atom is 0.138 e. The lowest BCUT2D eigenvalue weighted by Gasteiger charge is -2.25. The molecule has 2 heterocycles. The van der Waals surface area contributed by atoms with Gasteiger partial charge in [0, 0.05) is 34.8 Å². The van der Waals surface area contributed by atoms with Gasteiger partial charge in [0.15, 0.2) is 0 Å². The Balaban J connectivity index is 1.82. The quantitative estimate of drug-likeness (QED) is 0.745. The second-order valence-corrected chi connectivity index (χ2v) is 6.81. The van der Waals surface area contributed by atoms with Crippen molar-refractivity contribution in [3.8, 4) is 16.9 Å². The summed E-state index contributed by atoms with van der Waals surface area (Å²) in [6, 6.07) is 8.89. The van der Waals surface area contributed by atoms with Crippen molar-refractivity contribution in [2.75, 3.05) is 7.11 Å². The largest absolute Gasteiger partial charge is 0.496 e. The summed E-state index contributed by atoms with van der Waals surface area (Å²) in [7, 11) is 1.60. The van der Waals surface area contributed by atoms with Gasteiger partial charge in [-0.1, -0.05) is 6.42 Å². The molecule has 0 saturated heterocycles. The number of pyridine rings is 1. The highest BCUT2D eigenvalue weighted by Crippen LogP contribution is 2.38. The molecular formula is C20H22FN3O. The summed E-state index contributed by atoms with van der Waals surface area (Å²) in [5.74, 6) is 0.798. The van der Waals surface area contributed by atoms with Crippen molar-refractivity contribution in [3.05, 3.63) is 48.0 Å². The monoisotopic (exact) mass is 339 g/mol. The van der Waals surface area contributed by atoms with Crippen LogP contribution in [0.15, 0.2) is 36.5 Å². The molecule has 3 N–H and O–H groups in total. The lowest BCUT2D eigenvalue weighted by Crippen LogP contribution is -2.26. The average Bonchev–Trinajstić information content (AvgIpc) is 3.06. The number of rotatable bonds is 3. The van der Waals surface area contributed by atoms with Gasteiger partial charge in [0.1, 0.15) is 17.2 Å². The van der Waals surface area contributed by atoms with Crippen LogP contribution in [0.25, 0.3) is 22.2 Å². The van der Waals surface area contributed by atoms with Gasteiger partial charge in [0.05, 0.1) is 7.11 Å². The highest BCUT2D eigenvalue weighted by atomic mass is 19.1. The van der Waals surface area contributed by atoms with E-state index in [1.165, 1.54) is 17.8 Å². The average molecular weight is 339 g/mol. The molecule has 25 heavy (non-hydrogen) atoms. The summed E-state index contributed by atoms with van der Waals surface area (Å²) in [6.45, 7) is 0. The third-order valence-corrected chi connectivity index (χ3v) is 5.16. The van der Waals surface area contributed by atoms with E-state index in [-0.39, 0.29) is 11.9 Å². The fraction of sp³-hybridized carbons (Fsp3) is 0.350. The first-order chi connectivity index (χ1) is 12.2. The Morgan fingerprint density at radius 2 is 2.08 bits per heavy atom. The number of methoxy groups -OCH3 is 1. The van der Waals surface area contributed by atoms with Gasteiger partial charge in [-0.05, 0) is 55.2 Å². The number of H-pyrrole nitrogens is 1. The molecule has 4 rings (SSSR count). The molecule has 2 atom stereocenters. The van der Waals surface area contributed by atoms with E-state index in [9.17, 15) is 4.39 Å². The van der Waals surface area contributed by atoms with E-state index in [1.54, 1.807) is 19.4 Å². The molecule has 0 bridgehead atoms. The Morgan fingerprint density at radius 1 is 1.20 bits per heavy atom. The van der Waals surface area contributed by atoms with Crippen LogP contribution in [-0.4, -0.2) is 23.1 Å².